The number of anilines is 2. The summed E-state index contributed by atoms with van der Waals surface area (Å²) in [6, 6.07) is 27.2. The van der Waals surface area contributed by atoms with Gasteiger partial charge in [0.1, 0.15) is 5.82 Å². The van der Waals surface area contributed by atoms with E-state index in [0.29, 0.717) is 28.2 Å². The highest BCUT2D eigenvalue weighted by molar-refractivity contribution is 5.99. The first-order chi connectivity index (χ1) is 16.8. The molecular formula is C27H19F3N4O. The van der Waals surface area contributed by atoms with E-state index < -0.39 is 11.7 Å². The van der Waals surface area contributed by atoms with Crippen molar-refractivity contribution in [2.45, 2.75) is 6.18 Å². The molecule has 0 aliphatic carbocycles. The Kier molecular flexibility index (Phi) is 5.70. The summed E-state index contributed by atoms with van der Waals surface area (Å²) >= 11 is 0. The molecule has 5 rings (SSSR count). The number of imidazole rings is 1. The molecule has 174 valence electrons. The summed E-state index contributed by atoms with van der Waals surface area (Å²) in [7, 11) is 0. The Hall–Kier alpha value is -4.59. The number of hydrogen-bond acceptors (Lipinski definition) is 2. The highest BCUT2D eigenvalue weighted by Crippen LogP contribution is 2.32. The molecule has 1 heterocycles. The molecular weight excluding hydrogens is 453 g/mol. The summed E-state index contributed by atoms with van der Waals surface area (Å²) in [5.41, 5.74) is 3.95. The average Bonchev–Trinajstić information content (AvgIpc) is 3.28. The van der Waals surface area contributed by atoms with E-state index in [-0.39, 0.29) is 6.03 Å². The molecule has 0 atom stereocenters. The van der Waals surface area contributed by atoms with Gasteiger partial charge in [-0.3, -0.25) is 0 Å². The first-order valence-electron chi connectivity index (χ1n) is 10.8. The maximum absolute atomic E-state index is 13.0. The number of carbonyl (C=O) groups is 1. The smallest absolute Gasteiger partial charge is 0.338 e. The normalized spacial score (nSPS) is 11.4. The first-order valence-corrected chi connectivity index (χ1v) is 10.8. The first kappa shape index (κ1) is 22.2. The highest BCUT2D eigenvalue weighted by Gasteiger charge is 2.30. The predicted octanol–water partition coefficient (Wildman–Crippen LogP) is 7.56. The van der Waals surface area contributed by atoms with Crippen LogP contribution in [0.15, 0.2) is 97.1 Å². The number of nitrogens with zero attached hydrogens (tertiary/aromatic N) is 1. The van der Waals surface area contributed by atoms with E-state index in [1.165, 1.54) is 6.07 Å². The SMILES string of the molecule is O=C(Nc1ccccc1)Nc1ccc(-c2cccc(-c3nc4ccc(C(F)(F)F)cc4[nH]3)c2)cc1. The van der Waals surface area contributed by atoms with E-state index in [9.17, 15) is 18.0 Å². The number of H-pyrrole nitrogens is 1. The number of aromatic amines is 1. The maximum Gasteiger partial charge on any atom is 0.416 e. The van der Waals surface area contributed by atoms with Crippen LogP contribution in [0.4, 0.5) is 29.3 Å². The molecule has 0 saturated carbocycles. The number of benzene rings is 4. The van der Waals surface area contributed by atoms with Gasteiger partial charge in [0.05, 0.1) is 16.6 Å². The number of carbonyl (C=O) groups excluding carboxylic acids is 1. The van der Waals surface area contributed by atoms with Crippen LogP contribution in [0.3, 0.4) is 0 Å². The van der Waals surface area contributed by atoms with Crippen LogP contribution in [0.25, 0.3) is 33.5 Å². The minimum absolute atomic E-state index is 0.324. The van der Waals surface area contributed by atoms with E-state index in [2.05, 4.69) is 20.6 Å². The third kappa shape index (κ3) is 5.01. The van der Waals surface area contributed by atoms with Gasteiger partial charge < -0.3 is 15.6 Å². The zero-order valence-electron chi connectivity index (χ0n) is 18.2. The molecule has 0 fully saturated rings. The Morgan fingerprint density at radius 1 is 0.714 bits per heavy atom. The van der Waals surface area contributed by atoms with Crippen LogP contribution in [-0.2, 0) is 6.18 Å². The molecule has 0 saturated heterocycles. The quantitative estimate of drug-likeness (QED) is 0.253. The molecule has 5 nitrogen and oxygen atoms in total. The molecule has 0 bridgehead atoms. The Morgan fingerprint density at radius 2 is 1.40 bits per heavy atom. The second-order valence-corrected chi connectivity index (χ2v) is 7.92. The van der Waals surface area contributed by atoms with E-state index in [1.807, 2.05) is 54.6 Å². The average molecular weight is 472 g/mol. The molecule has 0 aliphatic rings. The molecule has 4 aromatic carbocycles. The van der Waals surface area contributed by atoms with E-state index >= 15 is 0 Å². The number of halogens is 3. The summed E-state index contributed by atoms with van der Waals surface area (Å²) in [6.07, 6.45) is -4.41. The molecule has 3 N–H and O–H groups in total. The standard InChI is InChI=1S/C27H19F3N4O/c28-27(29,30)20-11-14-23-24(16-20)34-25(33-23)19-6-4-5-18(15-19)17-9-12-22(13-10-17)32-26(35)31-21-7-2-1-3-8-21/h1-16H,(H,33,34)(H2,31,32,35). The fraction of sp³-hybridized carbons (Fsp3) is 0.0370. The summed E-state index contributed by atoms with van der Waals surface area (Å²) in [4.78, 5) is 19.6. The fourth-order valence-electron chi connectivity index (χ4n) is 3.73. The van der Waals surface area contributed by atoms with Gasteiger partial charge in [-0.1, -0.05) is 48.5 Å². The van der Waals surface area contributed by atoms with E-state index in [1.54, 1.807) is 24.3 Å². The number of nitrogens with one attached hydrogen (secondary N) is 3. The van der Waals surface area contributed by atoms with Crippen molar-refractivity contribution in [3.63, 3.8) is 0 Å². The predicted molar refractivity (Wildman–Crippen MR) is 131 cm³/mol. The molecule has 0 unspecified atom stereocenters. The van der Waals surface area contributed by atoms with Crippen LogP contribution < -0.4 is 10.6 Å². The van der Waals surface area contributed by atoms with Crippen molar-refractivity contribution in [3.05, 3.63) is 103 Å². The number of para-hydroxylation sites is 1. The highest BCUT2D eigenvalue weighted by atomic mass is 19.4. The minimum atomic E-state index is -4.41. The Balaban J connectivity index is 1.34. The molecule has 35 heavy (non-hydrogen) atoms. The number of hydrogen-bond donors (Lipinski definition) is 3. The monoisotopic (exact) mass is 472 g/mol. The molecule has 5 aromatic rings. The van der Waals surface area contributed by atoms with Gasteiger partial charge in [-0.05, 0) is 59.7 Å². The lowest BCUT2D eigenvalue weighted by Gasteiger charge is -2.09. The lowest BCUT2D eigenvalue weighted by Crippen LogP contribution is -2.19. The Bertz CT molecular complexity index is 1490. The van der Waals surface area contributed by atoms with Crippen molar-refractivity contribution in [2.24, 2.45) is 0 Å². The number of alkyl halides is 3. The molecule has 8 heteroatoms. The van der Waals surface area contributed by atoms with Crippen LogP contribution in [0.2, 0.25) is 0 Å². The second kappa shape index (κ2) is 8.98. The summed E-state index contributed by atoms with van der Waals surface area (Å²) in [6.45, 7) is 0. The fourth-order valence-corrected chi connectivity index (χ4v) is 3.73. The van der Waals surface area contributed by atoms with Crippen molar-refractivity contribution in [2.75, 3.05) is 10.6 Å². The topological polar surface area (TPSA) is 69.8 Å². The minimum Gasteiger partial charge on any atom is -0.338 e. The van der Waals surface area contributed by atoms with Crippen molar-refractivity contribution >= 4 is 28.4 Å². The van der Waals surface area contributed by atoms with Gasteiger partial charge >= 0.3 is 12.2 Å². The maximum atomic E-state index is 13.0. The summed E-state index contributed by atoms with van der Waals surface area (Å²) in [5, 5.41) is 5.55. The van der Waals surface area contributed by atoms with Crippen molar-refractivity contribution < 1.29 is 18.0 Å². The van der Waals surface area contributed by atoms with Crippen LogP contribution in [0, 0.1) is 0 Å². The van der Waals surface area contributed by atoms with Crippen LogP contribution in [0.5, 0.6) is 0 Å². The molecule has 0 radical (unpaired) electrons. The van der Waals surface area contributed by atoms with Gasteiger partial charge in [-0.2, -0.15) is 13.2 Å². The van der Waals surface area contributed by atoms with Gasteiger partial charge in [0, 0.05) is 16.9 Å². The van der Waals surface area contributed by atoms with Gasteiger partial charge in [0.2, 0.25) is 0 Å². The number of aromatic nitrogens is 2. The van der Waals surface area contributed by atoms with Crippen molar-refractivity contribution in [3.8, 4) is 22.5 Å². The Labute approximate surface area is 198 Å². The Morgan fingerprint density at radius 3 is 2.11 bits per heavy atom. The number of amides is 2. The second-order valence-electron chi connectivity index (χ2n) is 7.92. The zero-order valence-corrected chi connectivity index (χ0v) is 18.2. The van der Waals surface area contributed by atoms with Gasteiger partial charge in [-0.15, -0.1) is 0 Å². The van der Waals surface area contributed by atoms with Gasteiger partial charge in [0.25, 0.3) is 0 Å². The summed E-state index contributed by atoms with van der Waals surface area (Å²) in [5.74, 6) is 0.483. The molecule has 0 aliphatic heterocycles. The zero-order chi connectivity index (χ0) is 24.4. The molecule has 0 spiro atoms. The lowest BCUT2D eigenvalue weighted by atomic mass is 10.0. The van der Waals surface area contributed by atoms with Crippen LogP contribution >= 0.6 is 0 Å². The number of rotatable bonds is 4. The third-order valence-corrected chi connectivity index (χ3v) is 5.45. The van der Waals surface area contributed by atoms with Crippen LogP contribution in [-0.4, -0.2) is 16.0 Å². The summed E-state index contributed by atoms with van der Waals surface area (Å²) < 4.78 is 39.1. The van der Waals surface area contributed by atoms with Gasteiger partial charge in [-0.25, -0.2) is 9.78 Å². The van der Waals surface area contributed by atoms with Gasteiger partial charge in [0.15, 0.2) is 0 Å². The number of urea groups is 1. The van der Waals surface area contributed by atoms with E-state index in [4.69, 9.17) is 0 Å². The van der Waals surface area contributed by atoms with E-state index in [0.717, 1.165) is 28.8 Å². The lowest BCUT2D eigenvalue weighted by molar-refractivity contribution is -0.137. The number of fused-ring (bicyclic) bond motifs is 1. The third-order valence-electron chi connectivity index (χ3n) is 5.45. The van der Waals surface area contributed by atoms with Crippen LogP contribution in [0.1, 0.15) is 5.56 Å². The molecule has 1 aromatic heterocycles. The molecule has 2 amide bonds. The largest absolute Gasteiger partial charge is 0.416 e. The van der Waals surface area contributed by atoms with Crippen molar-refractivity contribution in [1.82, 2.24) is 9.97 Å². The van der Waals surface area contributed by atoms with Crippen molar-refractivity contribution in [1.29, 1.82) is 0 Å².